The number of Topliss-reactive ketones (excluding diaryl/α,β-unsaturated/α-hetero) is 1. The van der Waals surface area contributed by atoms with Crippen LogP contribution in [0.2, 0.25) is 0 Å². The van der Waals surface area contributed by atoms with E-state index in [1.165, 1.54) is 0 Å². The van der Waals surface area contributed by atoms with Crippen molar-refractivity contribution in [2.45, 2.75) is 34.1 Å². The summed E-state index contributed by atoms with van der Waals surface area (Å²) in [6.45, 7) is 8.41. The monoisotopic (exact) mass is 185 g/mol. The quantitative estimate of drug-likeness (QED) is 0.658. The van der Waals surface area contributed by atoms with Crippen LogP contribution in [0.3, 0.4) is 0 Å². The van der Waals surface area contributed by atoms with E-state index in [1.54, 1.807) is 0 Å². The Morgan fingerprint density at radius 1 is 1.08 bits per heavy atom. The number of nitrogens with one attached hydrogen (secondary N) is 1. The number of rotatable bonds is 5. The van der Waals surface area contributed by atoms with Crippen LogP contribution in [0.4, 0.5) is 0 Å². The molecular weight excluding hydrogens is 166 g/mol. The van der Waals surface area contributed by atoms with Gasteiger partial charge in [0.25, 0.3) is 5.91 Å². The van der Waals surface area contributed by atoms with Gasteiger partial charge in [-0.1, -0.05) is 27.7 Å². The van der Waals surface area contributed by atoms with Crippen LogP contribution >= 0.6 is 0 Å². The van der Waals surface area contributed by atoms with E-state index in [9.17, 15) is 9.59 Å². The van der Waals surface area contributed by atoms with E-state index >= 15 is 0 Å². The summed E-state index contributed by atoms with van der Waals surface area (Å²) in [6.07, 6.45) is 0.337. The van der Waals surface area contributed by atoms with Crippen LogP contribution in [0.25, 0.3) is 0 Å². The minimum atomic E-state index is -0.442. The Hall–Kier alpha value is -0.860. The Balaban J connectivity index is 3.77. The molecule has 0 aromatic heterocycles. The average molecular weight is 185 g/mol. The first-order valence-electron chi connectivity index (χ1n) is 4.74. The van der Waals surface area contributed by atoms with Gasteiger partial charge in [0.1, 0.15) is 0 Å². The largest absolute Gasteiger partial charge is 0.349 e. The predicted octanol–water partition coefficient (Wildman–Crippen LogP) is 1.37. The Bertz CT molecular complexity index is 185. The van der Waals surface area contributed by atoms with Gasteiger partial charge in [0.15, 0.2) is 0 Å². The van der Waals surface area contributed by atoms with Gasteiger partial charge in [0.05, 0.1) is 0 Å². The zero-order chi connectivity index (χ0) is 10.4. The van der Waals surface area contributed by atoms with Crippen molar-refractivity contribution >= 4 is 11.7 Å². The van der Waals surface area contributed by atoms with Crippen molar-refractivity contribution in [2.24, 2.45) is 11.8 Å². The van der Waals surface area contributed by atoms with Gasteiger partial charge in [0.2, 0.25) is 5.78 Å². The van der Waals surface area contributed by atoms with E-state index in [2.05, 4.69) is 5.32 Å². The maximum absolute atomic E-state index is 11.2. The minimum Gasteiger partial charge on any atom is -0.349 e. The van der Waals surface area contributed by atoms with Gasteiger partial charge in [-0.3, -0.25) is 9.59 Å². The molecule has 0 spiro atoms. The number of carbonyl (C=O) groups excluding carboxylic acids is 2. The molecule has 0 radical (unpaired) electrons. The number of carbonyl (C=O) groups is 2. The third-order valence-electron chi connectivity index (χ3n) is 1.52. The van der Waals surface area contributed by atoms with Crippen LogP contribution in [0.1, 0.15) is 34.1 Å². The van der Waals surface area contributed by atoms with Gasteiger partial charge in [-0.2, -0.15) is 0 Å². The van der Waals surface area contributed by atoms with Gasteiger partial charge in [-0.15, -0.1) is 0 Å². The zero-order valence-electron chi connectivity index (χ0n) is 8.89. The lowest BCUT2D eigenvalue weighted by Gasteiger charge is -2.07. The maximum atomic E-state index is 11.2. The van der Waals surface area contributed by atoms with Crippen molar-refractivity contribution in [1.29, 1.82) is 0 Å². The Morgan fingerprint density at radius 3 is 2.00 bits per heavy atom. The molecule has 0 saturated carbocycles. The molecule has 0 atom stereocenters. The summed E-state index contributed by atoms with van der Waals surface area (Å²) in [7, 11) is 0. The Labute approximate surface area is 79.9 Å². The molecule has 76 valence electrons. The molecule has 0 rings (SSSR count). The van der Waals surface area contributed by atoms with Gasteiger partial charge < -0.3 is 5.32 Å². The highest BCUT2D eigenvalue weighted by molar-refractivity contribution is 6.36. The predicted molar refractivity (Wildman–Crippen MR) is 52.3 cm³/mol. The fraction of sp³-hybridized carbons (Fsp3) is 0.800. The Kier molecular flexibility index (Phi) is 5.35. The molecule has 13 heavy (non-hydrogen) atoms. The zero-order valence-corrected chi connectivity index (χ0v) is 8.89. The van der Waals surface area contributed by atoms with Crippen molar-refractivity contribution in [1.82, 2.24) is 5.32 Å². The summed E-state index contributed by atoms with van der Waals surface area (Å²) in [5.41, 5.74) is 0. The maximum Gasteiger partial charge on any atom is 0.287 e. The molecule has 0 heterocycles. The number of hydrogen-bond donors (Lipinski definition) is 1. The number of ketones is 1. The van der Waals surface area contributed by atoms with Gasteiger partial charge in [0, 0.05) is 13.0 Å². The lowest BCUT2D eigenvalue weighted by atomic mass is 10.1. The van der Waals surface area contributed by atoms with Gasteiger partial charge in [-0.05, 0) is 11.8 Å². The first-order valence-corrected chi connectivity index (χ1v) is 4.74. The first kappa shape index (κ1) is 12.1. The summed E-state index contributed by atoms with van der Waals surface area (Å²) in [4.78, 5) is 22.3. The second kappa shape index (κ2) is 5.73. The molecule has 0 bridgehead atoms. The molecule has 0 aromatic rings. The fourth-order valence-electron chi connectivity index (χ4n) is 0.859. The standard InChI is InChI=1S/C10H19NO2/c1-7(2)5-9(12)10(13)11-6-8(3)4/h7-8H,5-6H2,1-4H3,(H,11,13). The molecule has 1 amide bonds. The van der Waals surface area contributed by atoms with E-state index in [1.807, 2.05) is 27.7 Å². The van der Waals surface area contributed by atoms with E-state index in [-0.39, 0.29) is 11.7 Å². The first-order chi connectivity index (χ1) is 5.93. The van der Waals surface area contributed by atoms with Crippen molar-refractivity contribution in [3.8, 4) is 0 Å². The molecular formula is C10H19NO2. The number of amides is 1. The van der Waals surface area contributed by atoms with Crippen LogP contribution in [0.5, 0.6) is 0 Å². The summed E-state index contributed by atoms with van der Waals surface area (Å²) in [5.74, 6) is -0.119. The van der Waals surface area contributed by atoms with Crippen LogP contribution < -0.4 is 5.32 Å². The van der Waals surface area contributed by atoms with E-state index in [0.29, 0.717) is 18.9 Å². The molecule has 3 nitrogen and oxygen atoms in total. The second-order valence-corrected chi connectivity index (χ2v) is 4.13. The highest BCUT2D eigenvalue weighted by Gasteiger charge is 2.14. The second-order valence-electron chi connectivity index (χ2n) is 4.13. The highest BCUT2D eigenvalue weighted by atomic mass is 16.2. The fourth-order valence-corrected chi connectivity index (χ4v) is 0.859. The van der Waals surface area contributed by atoms with E-state index in [4.69, 9.17) is 0 Å². The molecule has 0 aliphatic rings. The van der Waals surface area contributed by atoms with Crippen molar-refractivity contribution in [2.75, 3.05) is 6.54 Å². The minimum absolute atomic E-state index is 0.247. The van der Waals surface area contributed by atoms with Crippen LogP contribution in [-0.4, -0.2) is 18.2 Å². The van der Waals surface area contributed by atoms with Gasteiger partial charge >= 0.3 is 0 Å². The normalized spacial score (nSPS) is 10.6. The molecule has 0 unspecified atom stereocenters. The van der Waals surface area contributed by atoms with Crippen LogP contribution in [0.15, 0.2) is 0 Å². The number of hydrogen-bond acceptors (Lipinski definition) is 2. The molecule has 3 heteroatoms. The summed E-state index contributed by atoms with van der Waals surface area (Å²) in [6, 6.07) is 0. The third kappa shape index (κ3) is 6.31. The highest BCUT2D eigenvalue weighted by Crippen LogP contribution is 1.99. The summed E-state index contributed by atoms with van der Waals surface area (Å²) in [5, 5.41) is 2.60. The SMILES string of the molecule is CC(C)CNC(=O)C(=O)CC(C)C. The average Bonchev–Trinajstić information content (AvgIpc) is 1.98. The molecule has 0 aliphatic carbocycles. The van der Waals surface area contributed by atoms with Crippen molar-refractivity contribution in [3.63, 3.8) is 0 Å². The Morgan fingerprint density at radius 2 is 1.62 bits per heavy atom. The third-order valence-corrected chi connectivity index (χ3v) is 1.52. The molecule has 0 saturated heterocycles. The summed E-state index contributed by atoms with van der Waals surface area (Å²) < 4.78 is 0. The molecule has 1 N–H and O–H groups in total. The molecule has 0 fully saturated rings. The van der Waals surface area contributed by atoms with Crippen LogP contribution in [-0.2, 0) is 9.59 Å². The van der Waals surface area contributed by atoms with E-state index < -0.39 is 5.91 Å². The van der Waals surface area contributed by atoms with Crippen molar-refractivity contribution < 1.29 is 9.59 Å². The molecule has 0 aromatic carbocycles. The topological polar surface area (TPSA) is 46.2 Å². The van der Waals surface area contributed by atoms with E-state index in [0.717, 1.165) is 0 Å². The summed E-state index contributed by atoms with van der Waals surface area (Å²) >= 11 is 0. The van der Waals surface area contributed by atoms with Gasteiger partial charge in [-0.25, -0.2) is 0 Å². The lowest BCUT2D eigenvalue weighted by Crippen LogP contribution is -2.34. The lowest BCUT2D eigenvalue weighted by molar-refractivity contribution is -0.138. The van der Waals surface area contributed by atoms with Crippen molar-refractivity contribution in [3.05, 3.63) is 0 Å². The molecule has 0 aliphatic heterocycles. The smallest absolute Gasteiger partial charge is 0.287 e. The van der Waals surface area contributed by atoms with Crippen LogP contribution in [0, 0.1) is 11.8 Å².